The number of carbonyl (C=O) groups excluding carboxylic acids is 1. The number of carbonyl (C=O) groups is 1. The van der Waals surface area contributed by atoms with Crippen molar-refractivity contribution in [2.45, 2.75) is 26.0 Å². The molecule has 18 heavy (non-hydrogen) atoms. The molecule has 0 spiro atoms. The maximum Gasteiger partial charge on any atom is 0.277 e. The van der Waals surface area contributed by atoms with Crippen LogP contribution in [0, 0.1) is 0 Å². The highest BCUT2D eigenvalue weighted by molar-refractivity contribution is 7.13. The second-order valence-corrected chi connectivity index (χ2v) is 5.36. The maximum atomic E-state index is 11.6. The molecule has 0 bridgehead atoms. The van der Waals surface area contributed by atoms with E-state index in [4.69, 9.17) is 10.6 Å². The fourth-order valence-electron chi connectivity index (χ4n) is 2.08. The number of aromatic nitrogens is 1. The third-order valence-corrected chi connectivity index (χ3v) is 4.00. The topological polar surface area (TPSA) is 80.5 Å². The highest BCUT2D eigenvalue weighted by Crippen LogP contribution is 2.22. The average Bonchev–Trinajstić information content (AvgIpc) is 2.99. The molecule has 1 aromatic heterocycles. The van der Waals surface area contributed by atoms with Crippen molar-refractivity contribution in [2.75, 3.05) is 20.2 Å². The van der Waals surface area contributed by atoms with Crippen LogP contribution < -0.4 is 11.3 Å². The van der Waals surface area contributed by atoms with E-state index < -0.39 is 0 Å². The largest absolute Gasteiger partial charge is 0.378 e. The first-order chi connectivity index (χ1) is 8.74. The summed E-state index contributed by atoms with van der Waals surface area (Å²) in [5.41, 5.74) is 2.82. The summed E-state index contributed by atoms with van der Waals surface area (Å²) in [5, 5.41) is 0.947. The molecule has 1 aliphatic heterocycles. The van der Waals surface area contributed by atoms with Gasteiger partial charge in [0.15, 0.2) is 0 Å². The number of ether oxygens (including phenoxy) is 1. The van der Waals surface area contributed by atoms with Gasteiger partial charge < -0.3 is 4.74 Å². The van der Waals surface area contributed by atoms with Gasteiger partial charge in [-0.25, -0.2) is 10.8 Å². The van der Waals surface area contributed by atoms with Crippen molar-refractivity contribution in [1.29, 1.82) is 0 Å². The van der Waals surface area contributed by atoms with E-state index in [1.54, 1.807) is 7.11 Å². The second kappa shape index (κ2) is 6.24. The maximum absolute atomic E-state index is 11.6. The Labute approximate surface area is 110 Å². The Hall–Kier alpha value is -1.02. The Kier molecular flexibility index (Phi) is 4.65. The summed E-state index contributed by atoms with van der Waals surface area (Å²) in [6, 6.07) is 0. The number of amides is 1. The van der Waals surface area contributed by atoms with Crippen LogP contribution in [-0.2, 0) is 17.9 Å². The Bertz CT molecular complexity index is 415. The summed E-state index contributed by atoms with van der Waals surface area (Å²) < 4.78 is 5.06. The molecule has 0 saturated carbocycles. The van der Waals surface area contributed by atoms with Crippen LogP contribution in [0.3, 0.4) is 0 Å². The lowest BCUT2D eigenvalue weighted by molar-refractivity contribution is 0.0952. The molecule has 1 fully saturated rings. The van der Waals surface area contributed by atoms with E-state index in [2.05, 4.69) is 15.3 Å². The van der Waals surface area contributed by atoms with Gasteiger partial charge in [0.05, 0.1) is 18.8 Å². The number of hydrogen-bond acceptors (Lipinski definition) is 6. The van der Waals surface area contributed by atoms with Gasteiger partial charge in [-0.15, -0.1) is 11.3 Å². The number of nitrogens with two attached hydrogens (primary N) is 1. The molecule has 0 aromatic carbocycles. The smallest absolute Gasteiger partial charge is 0.277 e. The molecule has 100 valence electrons. The van der Waals surface area contributed by atoms with Crippen LogP contribution in [0.2, 0.25) is 0 Å². The molecule has 1 saturated heterocycles. The number of likely N-dealkylation sites (tertiary alicyclic amines) is 1. The Balaban J connectivity index is 2.13. The molecule has 1 amide bonds. The molecule has 3 N–H and O–H groups in total. The number of nitrogens with zero attached hydrogens (tertiary/aromatic N) is 2. The van der Waals surface area contributed by atoms with Crippen molar-refractivity contribution < 1.29 is 9.53 Å². The van der Waals surface area contributed by atoms with Gasteiger partial charge in [0.2, 0.25) is 0 Å². The number of nitrogens with one attached hydrogen (secondary N) is 1. The predicted molar refractivity (Wildman–Crippen MR) is 69.0 cm³/mol. The van der Waals surface area contributed by atoms with Crippen LogP contribution in [0.4, 0.5) is 0 Å². The zero-order chi connectivity index (χ0) is 13.0. The molecule has 7 heteroatoms. The third-order valence-electron chi connectivity index (χ3n) is 2.92. The first-order valence-corrected chi connectivity index (χ1v) is 6.77. The van der Waals surface area contributed by atoms with Gasteiger partial charge in [0.1, 0.15) is 9.88 Å². The minimum absolute atomic E-state index is 0.299. The molecule has 0 radical (unpaired) electrons. The van der Waals surface area contributed by atoms with Crippen molar-refractivity contribution in [2.24, 2.45) is 5.84 Å². The lowest BCUT2D eigenvalue weighted by Gasteiger charge is -2.11. The van der Waals surface area contributed by atoms with E-state index in [0.29, 0.717) is 17.2 Å². The van der Waals surface area contributed by atoms with Crippen molar-refractivity contribution in [3.63, 3.8) is 0 Å². The third kappa shape index (κ3) is 3.05. The van der Waals surface area contributed by atoms with Crippen LogP contribution in [-0.4, -0.2) is 36.0 Å². The highest BCUT2D eigenvalue weighted by Gasteiger charge is 2.19. The Morgan fingerprint density at radius 3 is 2.89 bits per heavy atom. The van der Waals surface area contributed by atoms with E-state index in [1.165, 1.54) is 24.2 Å². The molecule has 1 aliphatic rings. The van der Waals surface area contributed by atoms with Crippen LogP contribution in [0.25, 0.3) is 0 Å². The van der Waals surface area contributed by atoms with Gasteiger partial charge in [0, 0.05) is 7.11 Å². The normalized spacial score (nSPS) is 16.1. The van der Waals surface area contributed by atoms with Crippen molar-refractivity contribution in [3.8, 4) is 0 Å². The average molecular weight is 270 g/mol. The van der Waals surface area contributed by atoms with E-state index in [1.807, 2.05) is 0 Å². The standard InChI is InChI=1S/C11H18N4O2S/c1-17-7-8-10(11(16)14-12)18-9(13-8)6-15-4-2-3-5-15/h2-7,12H2,1H3,(H,14,16). The summed E-state index contributed by atoms with van der Waals surface area (Å²) in [7, 11) is 1.59. The molecular weight excluding hydrogens is 252 g/mol. The Morgan fingerprint density at radius 1 is 1.56 bits per heavy atom. The summed E-state index contributed by atoms with van der Waals surface area (Å²) in [4.78, 5) is 19.0. The van der Waals surface area contributed by atoms with E-state index in [-0.39, 0.29) is 5.91 Å². The Morgan fingerprint density at radius 2 is 2.28 bits per heavy atom. The molecular formula is C11H18N4O2S. The zero-order valence-corrected chi connectivity index (χ0v) is 11.3. The minimum atomic E-state index is -0.299. The van der Waals surface area contributed by atoms with Crippen LogP contribution in [0.15, 0.2) is 0 Å². The van der Waals surface area contributed by atoms with Crippen LogP contribution in [0.1, 0.15) is 33.2 Å². The van der Waals surface area contributed by atoms with Crippen molar-refractivity contribution in [1.82, 2.24) is 15.3 Å². The number of rotatable bonds is 5. The quantitative estimate of drug-likeness (QED) is 0.462. The summed E-state index contributed by atoms with van der Waals surface area (Å²) >= 11 is 1.39. The monoisotopic (exact) mass is 270 g/mol. The molecule has 2 heterocycles. The van der Waals surface area contributed by atoms with Gasteiger partial charge in [0.25, 0.3) is 5.91 Å². The zero-order valence-electron chi connectivity index (χ0n) is 10.4. The van der Waals surface area contributed by atoms with E-state index >= 15 is 0 Å². The van der Waals surface area contributed by atoms with Crippen LogP contribution in [0.5, 0.6) is 0 Å². The van der Waals surface area contributed by atoms with Gasteiger partial charge in [-0.1, -0.05) is 0 Å². The van der Waals surface area contributed by atoms with Gasteiger partial charge in [-0.05, 0) is 25.9 Å². The molecule has 0 atom stereocenters. The number of hydrazine groups is 1. The molecule has 6 nitrogen and oxygen atoms in total. The van der Waals surface area contributed by atoms with Gasteiger partial charge >= 0.3 is 0 Å². The van der Waals surface area contributed by atoms with E-state index in [9.17, 15) is 4.79 Å². The number of thiazole rings is 1. The molecule has 1 aromatic rings. The summed E-state index contributed by atoms with van der Waals surface area (Å²) in [6.45, 7) is 3.35. The number of methoxy groups -OCH3 is 1. The van der Waals surface area contributed by atoms with Crippen molar-refractivity contribution in [3.05, 3.63) is 15.6 Å². The molecule has 0 unspecified atom stereocenters. The fourth-order valence-corrected chi connectivity index (χ4v) is 3.09. The summed E-state index contributed by atoms with van der Waals surface area (Å²) in [5.74, 6) is 4.87. The molecule has 0 aliphatic carbocycles. The first-order valence-electron chi connectivity index (χ1n) is 5.95. The van der Waals surface area contributed by atoms with Gasteiger partial charge in [-0.3, -0.25) is 15.1 Å². The molecule has 2 rings (SSSR count). The van der Waals surface area contributed by atoms with Crippen LogP contribution >= 0.6 is 11.3 Å². The van der Waals surface area contributed by atoms with Crippen molar-refractivity contribution >= 4 is 17.2 Å². The lowest BCUT2D eigenvalue weighted by atomic mass is 10.3. The summed E-state index contributed by atoms with van der Waals surface area (Å²) in [6.07, 6.45) is 2.49. The first kappa shape index (κ1) is 13.4. The fraction of sp³-hybridized carbons (Fsp3) is 0.636. The minimum Gasteiger partial charge on any atom is -0.378 e. The SMILES string of the molecule is COCc1nc(CN2CCCC2)sc1C(=O)NN. The van der Waals surface area contributed by atoms with Gasteiger partial charge in [-0.2, -0.15) is 0 Å². The number of hydrogen-bond donors (Lipinski definition) is 2. The highest BCUT2D eigenvalue weighted by atomic mass is 32.1. The lowest BCUT2D eigenvalue weighted by Crippen LogP contribution is -2.30. The second-order valence-electron chi connectivity index (χ2n) is 4.27. The predicted octanol–water partition coefficient (Wildman–Crippen LogP) is 0.489. The number of nitrogen functional groups attached to an aromatic ring is 1. The van der Waals surface area contributed by atoms with E-state index in [0.717, 1.165) is 24.6 Å².